The number of piperidine rings is 1. The van der Waals surface area contributed by atoms with Crippen LogP contribution in [0.3, 0.4) is 0 Å². The van der Waals surface area contributed by atoms with Gasteiger partial charge in [0.05, 0.1) is 26.7 Å². The van der Waals surface area contributed by atoms with E-state index in [-0.39, 0.29) is 17.8 Å². The molecule has 1 aliphatic rings. The van der Waals surface area contributed by atoms with Crippen molar-refractivity contribution >= 4 is 17.6 Å². The summed E-state index contributed by atoms with van der Waals surface area (Å²) in [5.74, 6) is 0.512. The summed E-state index contributed by atoms with van der Waals surface area (Å²) in [5, 5.41) is 2.86. The molecule has 0 bridgehead atoms. The number of hydrogen-bond acceptors (Lipinski definition) is 5. The van der Waals surface area contributed by atoms with Gasteiger partial charge in [0.1, 0.15) is 5.75 Å². The van der Waals surface area contributed by atoms with Gasteiger partial charge in [0.15, 0.2) is 0 Å². The summed E-state index contributed by atoms with van der Waals surface area (Å²) in [5.41, 5.74) is 0.746. The maximum atomic E-state index is 12.0. The SMILES string of the molecule is COC(=O)C1CCN(CC(=O)Nc2ccc(OC)cc2)CC1. The molecule has 6 nitrogen and oxygen atoms in total. The maximum Gasteiger partial charge on any atom is 0.308 e. The monoisotopic (exact) mass is 306 g/mol. The van der Waals surface area contributed by atoms with E-state index in [4.69, 9.17) is 9.47 Å². The molecule has 1 saturated heterocycles. The Kier molecular flexibility index (Phi) is 5.77. The molecular weight excluding hydrogens is 284 g/mol. The van der Waals surface area contributed by atoms with E-state index in [9.17, 15) is 9.59 Å². The van der Waals surface area contributed by atoms with Gasteiger partial charge in [0.25, 0.3) is 0 Å². The molecule has 0 aliphatic carbocycles. The minimum Gasteiger partial charge on any atom is -0.497 e. The smallest absolute Gasteiger partial charge is 0.308 e. The number of benzene rings is 1. The van der Waals surface area contributed by atoms with E-state index in [1.807, 2.05) is 0 Å². The number of carbonyl (C=O) groups is 2. The topological polar surface area (TPSA) is 67.9 Å². The minimum absolute atomic E-state index is 0.0362. The second-order valence-corrected chi connectivity index (χ2v) is 5.35. The Balaban J connectivity index is 1.77. The highest BCUT2D eigenvalue weighted by molar-refractivity contribution is 5.92. The van der Waals surface area contributed by atoms with Crippen LogP contribution in [0.25, 0.3) is 0 Å². The standard InChI is InChI=1S/C16H22N2O4/c1-21-14-5-3-13(4-6-14)17-15(19)11-18-9-7-12(8-10-18)16(20)22-2/h3-6,12H,7-11H2,1-2H3,(H,17,19). The highest BCUT2D eigenvalue weighted by atomic mass is 16.5. The molecule has 0 radical (unpaired) electrons. The predicted octanol–water partition coefficient (Wildman–Crippen LogP) is 1.52. The summed E-state index contributed by atoms with van der Waals surface area (Å²) in [6, 6.07) is 7.22. The van der Waals surface area contributed by atoms with Crippen LogP contribution in [-0.4, -0.2) is 50.6 Å². The summed E-state index contributed by atoms with van der Waals surface area (Å²) < 4.78 is 9.83. The zero-order valence-electron chi connectivity index (χ0n) is 13.0. The van der Waals surface area contributed by atoms with E-state index in [1.54, 1.807) is 31.4 Å². The van der Waals surface area contributed by atoms with E-state index in [0.717, 1.165) is 37.4 Å². The average molecular weight is 306 g/mol. The van der Waals surface area contributed by atoms with E-state index in [2.05, 4.69) is 10.2 Å². The van der Waals surface area contributed by atoms with Crippen molar-refractivity contribution in [1.82, 2.24) is 4.90 Å². The van der Waals surface area contributed by atoms with Gasteiger partial charge in [-0.15, -0.1) is 0 Å². The average Bonchev–Trinajstić information content (AvgIpc) is 2.55. The molecule has 0 atom stereocenters. The molecule has 1 fully saturated rings. The molecule has 1 aromatic rings. The van der Waals surface area contributed by atoms with E-state index in [0.29, 0.717) is 6.54 Å². The summed E-state index contributed by atoms with van der Waals surface area (Å²) in [4.78, 5) is 25.5. The largest absolute Gasteiger partial charge is 0.497 e. The molecule has 0 saturated carbocycles. The van der Waals surface area contributed by atoms with Crippen LogP contribution in [0.1, 0.15) is 12.8 Å². The molecule has 0 aromatic heterocycles. The van der Waals surface area contributed by atoms with Crippen molar-refractivity contribution in [3.8, 4) is 5.75 Å². The Morgan fingerprint density at radius 1 is 1.18 bits per heavy atom. The van der Waals surface area contributed by atoms with E-state index >= 15 is 0 Å². The molecule has 0 spiro atoms. The predicted molar refractivity (Wildman–Crippen MR) is 82.8 cm³/mol. The number of carbonyl (C=O) groups excluding carboxylic acids is 2. The van der Waals surface area contributed by atoms with Crippen LogP contribution < -0.4 is 10.1 Å². The quantitative estimate of drug-likeness (QED) is 0.835. The fraction of sp³-hybridized carbons (Fsp3) is 0.500. The molecule has 1 aliphatic heterocycles. The number of amides is 1. The lowest BCUT2D eigenvalue weighted by atomic mass is 9.97. The van der Waals surface area contributed by atoms with Gasteiger partial charge in [-0.25, -0.2) is 0 Å². The van der Waals surface area contributed by atoms with E-state index in [1.165, 1.54) is 7.11 Å². The number of likely N-dealkylation sites (tertiary alicyclic amines) is 1. The number of anilines is 1. The second-order valence-electron chi connectivity index (χ2n) is 5.35. The molecule has 2 rings (SSSR count). The van der Waals surface area contributed by atoms with Gasteiger partial charge in [0.2, 0.25) is 5.91 Å². The highest BCUT2D eigenvalue weighted by Crippen LogP contribution is 2.19. The van der Waals surface area contributed by atoms with Gasteiger partial charge in [-0.1, -0.05) is 0 Å². The molecule has 1 amide bonds. The van der Waals surface area contributed by atoms with Crippen molar-refractivity contribution in [3.05, 3.63) is 24.3 Å². The third-order valence-electron chi connectivity index (χ3n) is 3.86. The Morgan fingerprint density at radius 2 is 1.82 bits per heavy atom. The summed E-state index contributed by atoms with van der Waals surface area (Å²) in [7, 11) is 3.02. The fourth-order valence-electron chi connectivity index (χ4n) is 2.57. The Morgan fingerprint density at radius 3 is 2.36 bits per heavy atom. The van der Waals surface area contributed by atoms with Crippen molar-refractivity contribution in [2.24, 2.45) is 5.92 Å². The molecule has 0 unspecified atom stereocenters. The van der Waals surface area contributed by atoms with Gasteiger partial charge in [0, 0.05) is 5.69 Å². The number of ether oxygens (including phenoxy) is 2. The molecule has 1 aromatic carbocycles. The van der Waals surface area contributed by atoms with Crippen LogP contribution >= 0.6 is 0 Å². The molecule has 1 N–H and O–H groups in total. The Hall–Kier alpha value is -2.08. The molecule has 22 heavy (non-hydrogen) atoms. The number of hydrogen-bond donors (Lipinski definition) is 1. The highest BCUT2D eigenvalue weighted by Gasteiger charge is 2.26. The first-order valence-electron chi connectivity index (χ1n) is 7.36. The minimum atomic E-state index is -0.151. The lowest BCUT2D eigenvalue weighted by Gasteiger charge is -2.29. The first kappa shape index (κ1) is 16.3. The van der Waals surface area contributed by atoms with Gasteiger partial charge >= 0.3 is 5.97 Å². The first-order chi connectivity index (χ1) is 10.6. The van der Waals surface area contributed by atoms with Crippen molar-refractivity contribution in [3.63, 3.8) is 0 Å². The van der Waals surface area contributed by atoms with Crippen LogP contribution in [0, 0.1) is 5.92 Å². The summed E-state index contributed by atoms with van der Waals surface area (Å²) >= 11 is 0. The summed E-state index contributed by atoms with van der Waals surface area (Å²) in [6.45, 7) is 1.80. The Labute approximate surface area is 130 Å². The first-order valence-corrected chi connectivity index (χ1v) is 7.36. The molecule has 120 valence electrons. The second kappa shape index (κ2) is 7.79. The van der Waals surface area contributed by atoms with Crippen LogP contribution in [0.2, 0.25) is 0 Å². The van der Waals surface area contributed by atoms with E-state index < -0.39 is 0 Å². The lowest BCUT2D eigenvalue weighted by Crippen LogP contribution is -2.41. The normalized spacial score (nSPS) is 16.1. The van der Waals surface area contributed by atoms with Gasteiger partial charge < -0.3 is 14.8 Å². The number of nitrogens with one attached hydrogen (secondary N) is 1. The maximum absolute atomic E-state index is 12.0. The van der Waals surface area contributed by atoms with Crippen LogP contribution in [0.5, 0.6) is 5.75 Å². The zero-order chi connectivity index (χ0) is 15.9. The summed E-state index contributed by atoms with van der Waals surface area (Å²) in [6.07, 6.45) is 1.48. The number of nitrogens with zero attached hydrogens (tertiary/aromatic N) is 1. The van der Waals surface area contributed by atoms with Crippen molar-refractivity contribution in [2.45, 2.75) is 12.8 Å². The lowest BCUT2D eigenvalue weighted by molar-refractivity contribution is -0.147. The van der Waals surface area contributed by atoms with Gasteiger partial charge in [-0.05, 0) is 50.2 Å². The zero-order valence-corrected chi connectivity index (χ0v) is 13.0. The number of rotatable bonds is 5. The molecule has 6 heteroatoms. The van der Waals surface area contributed by atoms with Gasteiger partial charge in [-0.3, -0.25) is 14.5 Å². The molecular formula is C16H22N2O4. The van der Waals surface area contributed by atoms with Crippen molar-refractivity contribution in [1.29, 1.82) is 0 Å². The van der Waals surface area contributed by atoms with Crippen LogP contribution in [0.15, 0.2) is 24.3 Å². The van der Waals surface area contributed by atoms with Crippen molar-refractivity contribution in [2.75, 3.05) is 39.2 Å². The third kappa shape index (κ3) is 4.46. The number of methoxy groups -OCH3 is 2. The Bertz CT molecular complexity index is 507. The van der Waals surface area contributed by atoms with Crippen LogP contribution in [-0.2, 0) is 14.3 Å². The molecule has 1 heterocycles. The number of esters is 1. The fourth-order valence-corrected chi connectivity index (χ4v) is 2.57. The third-order valence-corrected chi connectivity index (χ3v) is 3.86. The van der Waals surface area contributed by atoms with Crippen molar-refractivity contribution < 1.29 is 19.1 Å². The van der Waals surface area contributed by atoms with Crippen LogP contribution in [0.4, 0.5) is 5.69 Å². The van der Waals surface area contributed by atoms with Gasteiger partial charge in [-0.2, -0.15) is 0 Å².